The van der Waals surface area contributed by atoms with Crippen LogP contribution in [-0.4, -0.2) is 14.3 Å². The zero-order valence-corrected chi connectivity index (χ0v) is 17.8. The third-order valence-electron chi connectivity index (χ3n) is 3.88. The quantitative estimate of drug-likeness (QED) is 0.536. The van der Waals surface area contributed by atoms with Crippen molar-refractivity contribution in [3.05, 3.63) is 87.4 Å². The summed E-state index contributed by atoms with van der Waals surface area (Å²) in [6.45, 7) is 1.78. The smallest absolute Gasteiger partial charge is 0.265 e. The number of carbonyl (C=O) groups excluding carboxylic acids is 1. The Morgan fingerprint density at radius 3 is 2.21 bits per heavy atom. The van der Waals surface area contributed by atoms with E-state index >= 15 is 0 Å². The van der Waals surface area contributed by atoms with Gasteiger partial charge < -0.3 is 4.74 Å². The van der Waals surface area contributed by atoms with Crippen molar-refractivity contribution in [3.8, 4) is 11.5 Å². The number of nitrogens with one attached hydrogen (secondary N) is 1. The van der Waals surface area contributed by atoms with Crippen LogP contribution in [0.5, 0.6) is 11.5 Å². The van der Waals surface area contributed by atoms with Crippen LogP contribution in [-0.2, 0) is 10.0 Å². The zero-order chi connectivity index (χ0) is 20.3. The SMILES string of the molecule is Cc1c(Cl)cc(C(=O)NS(=O)(=O)c2ccc(Oc3ccccc3)cc2)cc1Br. The number of para-hydroxylation sites is 1. The van der Waals surface area contributed by atoms with Crippen LogP contribution in [0, 0.1) is 6.92 Å². The van der Waals surface area contributed by atoms with Crippen LogP contribution in [0.1, 0.15) is 15.9 Å². The molecule has 0 bridgehead atoms. The van der Waals surface area contributed by atoms with Crippen LogP contribution < -0.4 is 9.46 Å². The third-order valence-corrected chi connectivity index (χ3v) is 6.45. The van der Waals surface area contributed by atoms with E-state index < -0.39 is 15.9 Å². The number of halogens is 2. The average molecular weight is 481 g/mol. The van der Waals surface area contributed by atoms with Gasteiger partial charge in [0, 0.05) is 15.1 Å². The van der Waals surface area contributed by atoms with Gasteiger partial charge >= 0.3 is 0 Å². The fourth-order valence-electron chi connectivity index (χ4n) is 2.33. The highest BCUT2D eigenvalue weighted by Crippen LogP contribution is 2.26. The van der Waals surface area contributed by atoms with Crippen LogP contribution in [0.2, 0.25) is 5.02 Å². The Kier molecular flexibility index (Phi) is 6.07. The van der Waals surface area contributed by atoms with Crippen molar-refractivity contribution >= 4 is 43.5 Å². The lowest BCUT2D eigenvalue weighted by Crippen LogP contribution is -2.30. The Hall–Kier alpha value is -2.35. The van der Waals surface area contributed by atoms with Gasteiger partial charge in [0.15, 0.2) is 0 Å². The number of carbonyl (C=O) groups is 1. The third kappa shape index (κ3) is 4.73. The molecule has 0 aliphatic rings. The van der Waals surface area contributed by atoms with Crippen molar-refractivity contribution in [1.82, 2.24) is 4.72 Å². The van der Waals surface area contributed by atoms with E-state index in [2.05, 4.69) is 15.9 Å². The molecule has 5 nitrogen and oxygen atoms in total. The van der Waals surface area contributed by atoms with Crippen molar-refractivity contribution in [2.24, 2.45) is 0 Å². The van der Waals surface area contributed by atoms with Crippen LogP contribution in [0.25, 0.3) is 0 Å². The van der Waals surface area contributed by atoms with Crippen LogP contribution in [0.3, 0.4) is 0 Å². The molecule has 1 amide bonds. The molecule has 0 fully saturated rings. The molecule has 0 heterocycles. The minimum Gasteiger partial charge on any atom is -0.457 e. The first-order valence-electron chi connectivity index (χ1n) is 8.12. The standard InChI is InChI=1S/C20H15BrClNO4S/c1-13-18(21)11-14(12-19(13)22)20(24)23-28(25,26)17-9-7-16(8-10-17)27-15-5-3-2-4-6-15/h2-12H,1H3,(H,23,24). The first-order valence-corrected chi connectivity index (χ1v) is 10.8. The minimum absolute atomic E-state index is 0.0569. The molecule has 0 aliphatic carbocycles. The molecule has 0 spiro atoms. The molecular weight excluding hydrogens is 466 g/mol. The highest BCUT2D eigenvalue weighted by molar-refractivity contribution is 9.10. The first kappa shape index (κ1) is 20.4. The summed E-state index contributed by atoms with van der Waals surface area (Å²) in [6, 6.07) is 17.8. The highest BCUT2D eigenvalue weighted by Gasteiger charge is 2.20. The number of ether oxygens (including phenoxy) is 1. The van der Waals surface area contributed by atoms with Crippen molar-refractivity contribution in [2.45, 2.75) is 11.8 Å². The van der Waals surface area contributed by atoms with Crippen LogP contribution in [0.4, 0.5) is 0 Å². The Labute approximate surface area is 176 Å². The predicted octanol–water partition coefficient (Wildman–Crippen LogP) is 5.32. The molecule has 3 aromatic carbocycles. The molecule has 144 valence electrons. The van der Waals surface area contributed by atoms with E-state index in [1.54, 1.807) is 19.1 Å². The molecule has 0 aliphatic heterocycles. The monoisotopic (exact) mass is 479 g/mol. The van der Waals surface area contributed by atoms with Gasteiger partial charge in [-0.1, -0.05) is 45.7 Å². The molecule has 1 N–H and O–H groups in total. The normalized spacial score (nSPS) is 11.1. The van der Waals surface area contributed by atoms with Gasteiger partial charge in [-0.2, -0.15) is 0 Å². The molecule has 28 heavy (non-hydrogen) atoms. The molecule has 0 unspecified atom stereocenters. The molecule has 0 atom stereocenters. The number of benzene rings is 3. The van der Waals surface area contributed by atoms with Gasteiger partial charge in [0.25, 0.3) is 15.9 Å². The number of sulfonamides is 1. The summed E-state index contributed by atoms with van der Waals surface area (Å²) in [7, 11) is -4.05. The van der Waals surface area contributed by atoms with Crippen molar-refractivity contribution in [1.29, 1.82) is 0 Å². The Morgan fingerprint density at radius 2 is 1.61 bits per heavy atom. The molecule has 3 aromatic rings. The average Bonchev–Trinajstić information content (AvgIpc) is 2.66. The van der Waals surface area contributed by atoms with E-state index in [-0.39, 0.29) is 10.5 Å². The second-order valence-corrected chi connectivity index (χ2v) is 8.83. The van der Waals surface area contributed by atoms with E-state index in [1.165, 1.54) is 36.4 Å². The fraction of sp³-hybridized carbons (Fsp3) is 0.0500. The summed E-state index contributed by atoms with van der Waals surface area (Å²) in [6.07, 6.45) is 0. The largest absolute Gasteiger partial charge is 0.457 e. The van der Waals surface area contributed by atoms with Gasteiger partial charge in [-0.15, -0.1) is 0 Å². The van der Waals surface area contributed by atoms with E-state index in [1.807, 2.05) is 22.9 Å². The van der Waals surface area contributed by atoms with Gasteiger partial charge in [0.05, 0.1) is 4.90 Å². The maximum atomic E-state index is 12.5. The summed E-state index contributed by atoms with van der Waals surface area (Å²) >= 11 is 9.36. The van der Waals surface area contributed by atoms with Gasteiger partial charge in [0.1, 0.15) is 11.5 Å². The number of rotatable bonds is 5. The van der Waals surface area contributed by atoms with E-state index in [0.717, 1.165) is 5.56 Å². The number of hydrogen-bond donors (Lipinski definition) is 1. The Balaban J connectivity index is 1.76. The van der Waals surface area contributed by atoms with Crippen molar-refractivity contribution in [3.63, 3.8) is 0 Å². The lowest BCUT2D eigenvalue weighted by Gasteiger charge is -2.10. The van der Waals surface area contributed by atoms with Gasteiger partial charge in [-0.05, 0) is 61.0 Å². The lowest BCUT2D eigenvalue weighted by atomic mass is 10.1. The second kappa shape index (κ2) is 8.34. The Bertz CT molecular complexity index is 1090. The van der Waals surface area contributed by atoms with Crippen LogP contribution in [0.15, 0.2) is 76.1 Å². The summed E-state index contributed by atoms with van der Waals surface area (Å²) in [4.78, 5) is 12.3. The topological polar surface area (TPSA) is 72.5 Å². The summed E-state index contributed by atoms with van der Waals surface area (Å²) in [5.74, 6) is 0.339. The number of hydrogen-bond acceptors (Lipinski definition) is 4. The van der Waals surface area contributed by atoms with E-state index in [9.17, 15) is 13.2 Å². The molecule has 0 saturated carbocycles. The Morgan fingerprint density at radius 1 is 1.00 bits per heavy atom. The molecular formula is C20H15BrClNO4S. The van der Waals surface area contributed by atoms with Gasteiger partial charge in [0.2, 0.25) is 0 Å². The maximum Gasteiger partial charge on any atom is 0.265 e. The van der Waals surface area contributed by atoms with E-state index in [0.29, 0.717) is 21.0 Å². The molecule has 0 aromatic heterocycles. The summed E-state index contributed by atoms with van der Waals surface area (Å²) in [5.41, 5.74) is 0.894. The molecule has 0 saturated heterocycles. The molecule has 0 radical (unpaired) electrons. The van der Waals surface area contributed by atoms with E-state index in [4.69, 9.17) is 16.3 Å². The second-order valence-electron chi connectivity index (χ2n) is 5.89. The molecule has 3 rings (SSSR count). The van der Waals surface area contributed by atoms with Gasteiger partial charge in [-0.3, -0.25) is 4.79 Å². The van der Waals surface area contributed by atoms with Gasteiger partial charge in [-0.25, -0.2) is 13.1 Å². The fourth-order valence-corrected chi connectivity index (χ4v) is 4.10. The highest BCUT2D eigenvalue weighted by atomic mass is 79.9. The number of amides is 1. The summed E-state index contributed by atoms with van der Waals surface area (Å²) in [5, 5.41) is 0.360. The first-order chi connectivity index (χ1) is 13.3. The van der Waals surface area contributed by atoms with Crippen LogP contribution >= 0.6 is 27.5 Å². The van der Waals surface area contributed by atoms with Crippen molar-refractivity contribution < 1.29 is 17.9 Å². The maximum absolute atomic E-state index is 12.5. The zero-order valence-electron chi connectivity index (χ0n) is 14.6. The van der Waals surface area contributed by atoms with Crippen molar-refractivity contribution in [2.75, 3.05) is 0 Å². The predicted molar refractivity (Wildman–Crippen MR) is 111 cm³/mol. The lowest BCUT2D eigenvalue weighted by molar-refractivity contribution is 0.0981. The summed E-state index contributed by atoms with van der Waals surface area (Å²) < 4.78 is 33.3. The minimum atomic E-state index is -4.05. The molecule has 8 heteroatoms.